The highest BCUT2D eigenvalue weighted by Crippen LogP contribution is 2.22. The fourth-order valence-corrected chi connectivity index (χ4v) is 2.29. The van der Waals surface area contributed by atoms with E-state index in [1.807, 2.05) is 55.6 Å². The van der Waals surface area contributed by atoms with Gasteiger partial charge in [-0.15, -0.1) is 0 Å². The molecule has 0 amide bonds. The van der Waals surface area contributed by atoms with Crippen molar-refractivity contribution in [1.29, 1.82) is 0 Å². The standard InChI is InChI=1S/C16H18N2OS/c1-18(13-7-5-8-14(10-13)19-2)11-12-6-3-4-9-15(12)16(17)20/h3-10H,11H2,1-2H3,(H2,17,20). The largest absolute Gasteiger partial charge is 0.497 e. The van der Waals surface area contributed by atoms with Gasteiger partial charge in [-0.1, -0.05) is 42.5 Å². The lowest BCUT2D eigenvalue weighted by Gasteiger charge is -2.21. The summed E-state index contributed by atoms with van der Waals surface area (Å²) in [4.78, 5) is 2.57. The van der Waals surface area contributed by atoms with Gasteiger partial charge >= 0.3 is 0 Å². The van der Waals surface area contributed by atoms with Crippen molar-refractivity contribution in [2.75, 3.05) is 19.1 Å². The Balaban J connectivity index is 2.23. The molecular formula is C16H18N2OS. The molecule has 0 saturated heterocycles. The molecule has 0 atom stereocenters. The van der Waals surface area contributed by atoms with Gasteiger partial charge in [0.2, 0.25) is 0 Å². The molecule has 2 rings (SSSR count). The van der Waals surface area contributed by atoms with Crippen molar-refractivity contribution in [3.05, 3.63) is 59.7 Å². The molecule has 4 heteroatoms. The Morgan fingerprint density at radius 1 is 1.20 bits per heavy atom. The fourth-order valence-electron chi connectivity index (χ4n) is 2.09. The van der Waals surface area contributed by atoms with E-state index in [9.17, 15) is 0 Å². The second-order valence-corrected chi connectivity index (χ2v) is 5.02. The molecule has 20 heavy (non-hydrogen) atoms. The van der Waals surface area contributed by atoms with Gasteiger partial charge in [-0.25, -0.2) is 0 Å². The van der Waals surface area contributed by atoms with Crippen LogP contribution in [0.2, 0.25) is 0 Å². The zero-order valence-electron chi connectivity index (χ0n) is 11.7. The number of nitrogens with zero attached hydrogens (tertiary/aromatic N) is 1. The number of nitrogens with two attached hydrogens (primary N) is 1. The summed E-state index contributed by atoms with van der Waals surface area (Å²) in [5.41, 5.74) is 8.90. The summed E-state index contributed by atoms with van der Waals surface area (Å²) >= 11 is 5.10. The molecule has 3 nitrogen and oxygen atoms in total. The first-order chi connectivity index (χ1) is 9.61. The highest BCUT2D eigenvalue weighted by atomic mass is 32.1. The van der Waals surface area contributed by atoms with Crippen molar-refractivity contribution in [3.63, 3.8) is 0 Å². The normalized spacial score (nSPS) is 10.1. The van der Waals surface area contributed by atoms with Crippen LogP contribution in [-0.2, 0) is 6.54 Å². The molecule has 0 heterocycles. The first kappa shape index (κ1) is 14.3. The molecule has 0 unspecified atom stereocenters. The van der Waals surface area contributed by atoms with Crippen LogP contribution in [-0.4, -0.2) is 19.1 Å². The predicted molar refractivity (Wildman–Crippen MR) is 87.4 cm³/mol. The van der Waals surface area contributed by atoms with E-state index in [2.05, 4.69) is 4.90 Å². The number of benzene rings is 2. The van der Waals surface area contributed by atoms with Crippen molar-refractivity contribution < 1.29 is 4.74 Å². The van der Waals surface area contributed by atoms with Crippen molar-refractivity contribution in [1.82, 2.24) is 0 Å². The van der Waals surface area contributed by atoms with Crippen molar-refractivity contribution in [3.8, 4) is 5.75 Å². The van der Waals surface area contributed by atoms with Gasteiger partial charge < -0.3 is 15.4 Å². The topological polar surface area (TPSA) is 38.5 Å². The molecule has 0 bridgehead atoms. The molecule has 104 valence electrons. The van der Waals surface area contributed by atoms with E-state index in [-0.39, 0.29) is 0 Å². The Kier molecular flexibility index (Phi) is 4.58. The molecule has 2 N–H and O–H groups in total. The van der Waals surface area contributed by atoms with Gasteiger partial charge in [-0.3, -0.25) is 0 Å². The van der Waals surface area contributed by atoms with E-state index < -0.39 is 0 Å². The highest BCUT2D eigenvalue weighted by Gasteiger charge is 2.08. The van der Waals surface area contributed by atoms with Gasteiger partial charge in [-0.05, 0) is 17.7 Å². The second kappa shape index (κ2) is 6.39. The van der Waals surface area contributed by atoms with E-state index in [1.54, 1.807) is 7.11 Å². The highest BCUT2D eigenvalue weighted by molar-refractivity contribution is 7.80. The molecule has 0 radical (unpaired) electrons. The van der Waals surface area contributed by atoms with Crippen LogP contribution in [0.25, 0.3) is 0 Å². The first-order valence-electron chi connectivity index (χ1n) is 6.34. The van der Waals surface area contributed by atoms with Gasteiger partial charge in [0, 0.05) is 30.9 Å². The number of thiocarbonyl (C=S) groups is 1. The number of ether oxygens (including phenoxy) is 1. The lowest BCUT2D eigenvalue weighted by atomic mass is 10.1. The lowest BCUT2D eigenvalue weighted by molar-refractivity contribution is 0.415. The Morgan fingerprint density at radius 3 is 2.65 bits per heavy atom. The zero-order chi connectivity index (χ0) is 14.5. The maximum absolute atomic E-state index is 5.77. The number of hydrogen-bond donors (Lipinski definition) is 1. The summed E-state index contributed by atoms with van der Waals surface area (Å²) in [6.45, 7) is 0.737. The van der Waals surface area contributed by atoms with E-state index in [0.29, 0.717) is 4.99 Å². The van der Waals surface area contributed by atoms with Crippen molar-refractivity contribution >= 4 is 22.9 Å². The summed E-state index contributed by atoms with van der Waals surface area (Å²) in [5.74, 6) is 0.844. The Morgan fingerprint density at radius 2 is 1.95 bits per heavy atom. The minimum absolute atomic E-state index is 0.430. The third kappa shape index (κ3) is 3.27. The molecular weight excluding hydrogens is 268 g/mol. The summed E-state index contributed by atoms with van der Waals surface area (Å²) in [7, 11) is 3.70. The van der Waals surface area contributed by atoms with Gasteiger partial charge in [0.15, 0.2) is 0 Å². The van der Waals surface area contributed by atoms with E-state index >= 15 is 0 Å². The average molecular weight is 286 g/mol. The number of methoxy groups -OCH3 is 1. The van der Waals surface area contributed by atoms with Gasteiger partial charge in [0.05, 0.1) is 7.11 Å². The fraction of sp³-hybridized carbons (Fsp3) is 0.188. The summed E-state index contributed by atoms with van der Waals surface area (Å²) < 4.78 is 5.25. The molecule has 2 aromatic rings. The van der Waals surface area contributed by atoms with E-state index in [4.69, 9.17) is 22.7 Å². The van der Waals surface area contributed by atoms with Crippen LogP contribution >= 0.6 is 12.2 Å². The lowest BCUT2D eigenvalue weighted by Crippen LogP contribution is -2.20. The molecule has 0 fully saturated rings. The molecule has 0 aliphatic carbocycles. The van der Waals surface area contributed by atoms with Crippen LogP contribution in [0.3, 0.4) is 0 Å². The maximum Gasteiger partial charge on any atom is 0.120 e. The molecule has 0 aliphatic heterocycles. The predicted octanol–water partition coefficient (Wildman–Crippen LogP) is 2.97. The minimum atomic E-state index is 0.430. The third-order valence-corrected chi connectivity index (χ3v) is 3.40. The van der Waals surface area contributed by atoms with E-state index in [0.717, 1.165) is 29.1 Å². The Bertz CT molecular complexity index is 613. The van der Waals surface area contributed by atoms with Gasteiger partial charge in [-0.2, -0.15) is 0 Å². The van der Waals surface area contributed by atoms with Crippen LogP contribution in [0, 0.1) is 0 Å². The average Bonchev–Trinajstić information content (AvgIpc) is 2.47. The van der Waals surface area contributed by atoms with Crippen molar-refractivity contribution in [2.24, 2.45) is 5.73 Å². The van der Waals surface area contributed by atoms with Crippen LogP contribution in [0.15, 0.2) is 48.5 Å². The van der Waals surface area contributed by atoms with Gasteiger partial charge in [0.1, 0.15) is 10.7 Å². The maximum atomic E-state index is 5.77. The third-order valence-electron chi connectivity index (χ3n) is 3.18. The number of hydrogen-bond acceptors (Lipinski definition) is 3. The minimum Gasteiger partial charge on any atom is -0.497 e. The molecule has 2 aromatic carbocycles. The SMILES string of the molecule is COc1cccc(N(C)Cc2ccccc2C(N)=S)c1. The zero-order valence-corrected chi connectivity index (χ0v) is 12.5. The summed E-state index contributed by atoms with van der Waals surface area (Å²) in [6.07, 6.45) is 0. The van der Waals surface area contributed by atoms with Crippen molar-refractivity contribution in [2.45, 2.75) is 6.54 Å². The monoisotopic (exact) mass is 286 g/mol. The summed E-state index contributed by atoms with van der Waals surface area (Å²) in [5, 5.41) is 0. The van der Waals surface area contributed by atoms with Crippen LogP contribution in [0.1, 0.15) is 11.1 Å². The molecule has 0 aromatic heterocycles. The Hall–Kier alpha value is -2.07. The Labute approximate surface area is 125 Å². The quantitative estimate of drug-likeness (QED) is 0.858. The van der Waals surface area contributed by atoms with E-state index in [1.165, 1.54) is 0 Å². The number of rotatable bonds is 5. The molecule has 0 aliphatic rings. The molecule has 0 saturated carbocycles. The van der Waals surface area contributed by atoms with Crippen LogP contribution in [0.5, 0.6) is 5.75 Å². The summed E-state index contributed by atoms with van der Waals surface area (Å²) in [6, 6.07) is 15.9. The number of anilines is 1. The smallest absolute Gasteiger partial charge is 0.120 e. The second-order valence-electron chi connectivity index (χ2n) is 4.58. The molecule has 0 spiro atoms. The van der Waals surface area contributed by atoms with Crippen LogP contribution in [0.4, 0.5) is 5.69 Å². The van der Waals surface area contributed by atoms with Crippen LogP contribution < -0.4 is 15.4 Å². The van der Waals surface area contributed by atoms with Gasteiger partial charge in [0.25, 0.3) is 0 Å². The first-order valence-corrected chi connectivity index (χ1v) is 6.75.